The van der Waals surface area contributed by atoms with Gasteiger partial charge in [0.1, 0.15) is 11.8 Å². The number of carbonyl (C=O) groups excluding carboxylic acids is 3. The van der Waals surface area contributed by atoms with E-state index in [1.54, 1.807) is 18.2 Å². The number of hydrogen-bond acceptors (Lipinski definition) is 4. The highest BCUT2D eigenvalue weighted by Gasteiger charge is 2.35. The van der Waals surface area contributed by atoms with E-state index in [1.807, 2.05) is 19.1 Å². The quantitative estimate of drug-likeness (QED) is 0.686. The molecule has 158 valence electrons. The van der Waals surface area contributed by atoms with E-state index in [0.29, 0.717) is 30.2 Å². The molecular formula is C21H21Cl2N3O4. The average molecular weight is 450 g/mol. The number of aryl methyl sites for hydroxylation is 1. The van der Waals surface area contributed by atoms with E-state index >= 15 is 0 Å². The van der Waals surface area contributed by atoms with E-state index < -0.39 is 17.9 Å². The van der Waals surface area contributed by atoms with Gasteiger partial charge in [0.2, 0.25) is 0 Å². The van der Waals surface area contributed by atoms with Crippen molar-refractivity contribution in [1.82, 2.24) is 15.8 Å². The number of hydrogen-bond donors (Lipinski definition) is 2. The van der Waals surface area contributed by atoms with E-state index in [-0.39, 0.29) is 23.1 Å². The van der Waals surface area contributed by atoms with Gasteiger partial charge in [0, 0.05) is 11.6 Å². The van der Waals surface area contributed by atoms with Gasteiger partial charge in [-0.25, -0.2) is 0 Å². The maximum Gasteiger partial charge on any atom is 0.276 e. The Labute approximate surface area is 184 Å². The molecule has 1 atom stereocenters. The van der Waals surface area contributed by atoms with Crippen LogP contribution < -0.4 is 15.6 Å². The maximum atomic E-state index is 12.9. The minimum Gasteiger partial charge on any atom is -0.484 e. The van der Waals surface area contributed by atoms with E-state index in [4.69, 9.17) is 27.9 Å². The van der Waals surface area contributed by atoms with Crippen molar-refractivity contribution in [1.29, 1.82) is 0 Å². The number of likely N-dealkylation sites (tertiary alicyclic amines) is 1. The summed E-state index contributed by atoms with van der Waals surface area (Å²) in [6.45, 7) is 2.07. The molecule has 1 heterocycles. The van der Waals surface area contributed by atoms with Crippen LogP contribution in [0.25, 0.3) is 0 Å². The molecule has 0 aliphatic carbocycles. The molecule has 0 bridgehead atoms. The number of amides is 3. The Hall–Kier alpha value is -2.77. The van der Waals surface area contributed by atoms with Crippen LogP contribution in [0.15, 0.2) is 42.5 Å². The number of rotatable bonds is 5. The zero-order chi connectivity index (χ0) is 21.7. The second-order valence-corrected chi connectivity index (χ2v) is 7.77. The predicted molar refractivity (Wildman–Crippen MR) is 113 cm³/mol. The minimum atomic E-state index is -0.717. The van der Waals surface area contributed by atoms with Crippen LogP contribution in [0, 0.1) is 6.92 Å². The Morgan fingerprint density at radius 3 is 2.70 bits per heavy atom. The lowest BCUT2D eigenvalue weighted by Crippen LogP contribution is -2.52. The fourth-order valence-corrected chi connectivity index (χ4v) is 3.57. The van der Waals surface area contributed by atoms with Gasteiger partial charge in [-0.1, -0.05) is 35.3 Å². The van der Waals surface area contributed by atoms with Gasteiger partial charge in [0.15, 0.2) is 6.61 Å². The number of nitrogens with zero attached hydrogens (tertiary/aromatic N) is 1. The standard InChI is InChI=1S/C21H21Cl2N3O4/c1-13-4-2-5-15(10-13)30-12-19(27)24-25-20(28)18-6-3-9-26(18)21(29)16-11-14(22)7-8-17(16)23/h2,4-5,7-8,10-11,18H,3,6,9,12H2,1H3,(H,24,27)(H,25,28). The van der Waals surface area contributed by atoms with Crippen molar-refractivity contribution in [2.45, 2.75) is 25.8 Å². The second kappa shape index (κ2) is 9.82. The first-order valence-corrected chi connectivity index (χ1v) is 10.1. The highest BCUT2D eigenvalue weighted by atomic mass is 35.5. The molecule has 2 aromatic carbocycles. The van der Waals surface area contributed by atoms with Crippen LogP contribution >= 0.6 is 23.2 Å². The molecule has 3 amide bonds. The van der Waals surface area contributed by atoms with Crippen molar-refractivity contribution in [2.75, 3.05) is 13.2 Å². The summed E-state index contributed by atoms with van der Waals surface area (Å²) >= 11 is 12.1. The summed E-state index contributed by atoms with van der Waals surface area (Å²) in [5.74, 6) is -0.821. The zero-order valence-corrected chi connectivity index (χ0v) is 17.8. The van der Waals surface area contributed by atoms with E-state index in [0.717, 1.165) is 5.56 Å². The summed E-state index contributed by atoms with van der Waals surface area (Å²) < 4.78 is 5.39. The maximum absolute atomic E-state index is 12.9. The van der Waals surface area contributed by atoms with Crippen LogP contribution in [0.4, 0.5) is 0 Å². The lowest BCUT2D eigenvalue weighted by atomic mass is 10.1. The van der Waals surface area contributed by atoms with Crippen molar-refractivity contribution < 1.29 is 19.1 Å². The molecule has 0 aromatic heterocycles. The van der Waals surface area contributed by atoms with Crippen molar-refractivity contribution in [2.24, 2.45) is 0 Å². The highest BCUT2D eigenvalue weighted by Crippen LogP contribution is 2.26. The molecule has 9 heteroatoms. The fourth-order valence-electron chi connectivity index (χ4n) is 3.20. The lowest BCUT2D eigenvalue weighted by Gasteiger charge is -2.24. The minimum absolute atomic E-state index is 0.236. The SMILES string of the molecule is Cc1cccc(OCC(=O)NNC(=O)C2CCCN2C(=O)c2cc(Cl)ccc2Cl)c1. The fraction of sp³-hybridized carbons (Fsp3) is 0.286. The van der Waals surface area contributed by atoms with Crippen LogP contribution in [0.1, 0.15) is 28.8 Å². The molecule has 2 N–H and O–H groups in total. The summed E-state index contributed by atoms with van der Waals surface area (Å²) in [6, 6.07) is 11.2. The van der Waals surface area contributed by atoms with Gasteiger partial charge in [-0.15, -0.1) is 0 Å². The number of carbonyl (C=O) groups is 3. The third-order valence-electron chi connectivity index (χ3n) is 4.66. The van der Waals surface area contributed by atoms with Gasteiger partial charge in [-0.2, -0.15) is 0 Å². The molecule has 1 fully saturated rings. The monoisotopic (exact) mass is 449 g/mol. The van der Waals surface area contributed by atoms with Crippen LogP contribution in [0.3, 0.4) is 0 Å². The molecule has 1 unspecified atom stereocenters. The van der Waals surface area contributed by atoms with E-state index in [9.17, 15) is 14.4 Å². The van der Waals surface area contributed by atoms with Crippen molar-refractivity contribution >= 4 is 40.9 Å². The second-order valence-electron chi connectivity index (χ2n) is 6.92. The Balaban J connectivity index is 1.54. The molecule has 7 nitrogen and oxygen atoms in total. The molecular weight excluding hydrogens is 429 g/mol. The van der Waals surface area contributed by atoms with Crippen molar-refractivity contribution in [3.05, 3.63) is 63.6 Å². The predicted octanol–water partition coefficient (Wildman–Crippen LogP) is 3.13. The van der Waals surface area contributed by atoms with Gasteiger partial charge in [-0.3, -0.25) is 25.2 Å². The first kappa shape index (κ1) is 21.9. The third-order valence-corrected chi connectivity index (χ3v) is 5.22. The number of hydrazine groups is 1. The van der Waals surface area contributed by atoms with Crippen LogP contribution in [-0.2, 0) is 9.59 Å². The summed E-state index contributed by atoms with van der Waals surface area (Å²) in [5, 5.41) is 0.640. The zero-order valence-electron chi connectivity index (χ0n) is 16.3. The molecule has 0 radical (unpaired) electrons. The number of ether oxygens (including phenoxy) is 1. The molecule has 30 heavy (non-hydrogen) atoms. The largest absolute Gasteiger partial charge is 0.484 e. The Morgan fingerprint density at radius 1 is 1.13 bits per heavy atom. The summed E-state index contributed by atoms with van der Waals surface area (Å²) in [5.41, 5.74) is 5.92. The van der Waals surface area contributed by atoms with Gasteiger partial charge in [0.25, 0.3) is 17.7 Å². The Kier molecular flexibility index (Phi) is 7.18. The first-order valence-electron chi connectivity index (χ1n) is 9.39. The molecule has 0 saturated carbocycles. The van der Waals surface area contributed by atoms with Gasteiger partial charge in [0.05, 0.1) is 10.6 Å². The van der Waals surface area contributed by atoms with Crippen LogP contribution in [0.5, 0.6) is 5.75 Å². The Morgan fingerprint density at radius 2 is 1.93 bits per heavy atom. The molecule has 1 aliphatic heterocycles. The van der Waals surface area contributed by atoms with Crippen molar-refractivity contribution in [3.8, 4) is 5.75 Å². The molecule has 1 saturated heterocycles. The molecule has 2 aromatic rings. The van der Waals surface area contributed by atoms with Gasteiger partial charge < -0.3 is 9.64 Å². The first-order chi connectivity index (χ1) is 14.3. The number of nitrogens with one attached hydrogen (secondary N) is 2. The van der Waals surface area contributed by atoms with Gasteiger partial charge in [-0.05, 0) is 55.7 Å². The van der Waals surface area contributed by atoms with E-state index in [1.165, 1.54) is 17.0 Å². The highest BCUT2D eigenvalue weighted by molar-refractivity contribution is 6.35. The summed E-state index contributed by atoms with van der Waals surface area (Å²) in [7, 11) is 0. The van der Waals surface area contributed by atoms with E-state index in [2.05, 4.69) is 10.9 Å². The lowest BCUT2D eigenvalue weighted by molar-refractivity contribution is -0.131. The number of halogens is 2. The van der Waals surface area contributed by atoms with Crippen LogP contribution in [-0.4, -0.2) is 41.8 Å². The summed E-state index contributed by atoms with van der Waals surface area (Å²) in [6.07, 6.45) is 1.14. The number of benzene rings is 2. The smallest absolute Gasteiger partial charge is 0.276 e. The summed E-state index contributed by atoms with van der Waals surface area (Å²) in [4.78, 5) is 38.8. The van der Waals surface area contributed by atoms with Crippen LogP contribution in [0.2, 0.25) is 10.0 Å². The average Bonchev–Trinajstić information content (AvgIpc) is 3.22. The third kappa shape index (κ3) is 5.43. The Bertz CT molecular complexity index is 967. The molecule has 3 rings (SSSR count). The molecule has 0 spiro atoms. The van der Waals surface area contributed by atoms with Gasteiger partial charge >= 0.3 is 0 Å². The topological polar surface area (TPSA) is 87.7 Å². The normalized spacial score (nSPS) is 15.6. The van der Waals surface area contributed by atoms with Crippen molar-refractivity contribution in [3.63, 3.8) is 0 Å². The molecule has 1 aliphatic rings.